The molecule has 144 valence electrons. The molecule has 0 N–H and O–H groups in total. The minimum atomic E-state index is -0.211. The topological polar surface area (TPSA) is 36.7 Å². The van der Waals surface area contributed by atoms with Crippen LogP contribution in [0, 0.1) is 5.82 Å². The second-order valence-corrected chi connectivity index (χ2v) is 7.12. The van der Waals surface area contributed by atoms with Crippen molar-refractivity contribution in [2.75, 3.05) is 18.0 Å². The van der Waals surface area contributed by atoms with E-state index in [-0.39, 0.29) is 17.8 Å². The highest BCUT2D eigenvalue weighted by molar-refractivity contribution is 6.04. The zero-order valence-corrected chi connectivity index (χ0v) is 15.6. The van der Waals surface area contributed by atoms with Gasteiger partial charge in [0.2, 0.25) is 0 Å². The number of benzene rings is 2. The van der Waals surface area contributed by atoms with Gasteiger partial charge < -0.3 is 9.32 Å². The van der Waals surface area contributed by atoms with E-state index in [1.165, 1.54) is 18.4 Å². The van der Waals surface area contributed by atoms with Crippen LogP contribution in [0.5, 0.6) is 0 Å². The van der Waals surface area contributed by atoms with Gasteiger partial charge in [-0.1, -0.05) is 30.3 Å². The van der Waals surface area contributed by atoms with E-state index in [9.17, 15) is 9.18 Å². The second kappa shape index (κ2) is 8.40. The van der Waals surface area contributed by atoms with Gasteiger partial charge in [0, 0.05) is 31.4 Å². The summed E-state index contributed by atoms with van der Waals surface area (Å²) in [6, 6.07) is 20.0. The summed E-state index contributed by atoms with van der Waals surface area (Å²) >= 11 is 0. The summed E-state index contributed by atoms with van der Waals surface area (Å²) in [6.45, 7) is 2.57. The molecule has 1 fully saturated rings. The molecule has 4 nitrogen and oxygen atoms in total. The van der Waals surface area contributed by atoms with Crippen LogP contribution in [0.1, 0.15) is 29.0 Å². The van der Waals surface area contributed by atoms with Gasteiger partial charge in [0.1, 0.15) is 5.82 Å². The van der Waals surface area contributed by atoms with Crippen LogP contribution in [-0.4, -0.2) is 29.9 Å². The van der Waals surface area contributed by atoms with Gasteiger partial charge in [-0.05, 0) is 54.8 Å². The number of likely N-dealkylation sites (tertiary alicyclic amines) is 1. The third-order valence-electron chi connectivity index (χ3n) is 5.23. The lowest BCUT2D eigenvalue weighted by atomic mass is 10.0. The molecular formula is C23H23FN2O2. The molecule has 0 bridgehead atoms. The summed E-state index contributed by atoms with van der Waals surface area (Å²) in [6.07, 6.45) is 3.28. The third-order valence-corrected chi connectivity index (χ3v) is 5.23. The molecule has 2 heterocycles. The fraction of sp³-hybridized carbons (Fsp3) is 0.261. The highest BCUT2D eigenvalue weighted by atomic mass is 19.1. The van der Waals surface area contributed by atoms with Crippen molar-refractivity contribution in [3.63, 3.8) is 0 Å². The Balaban J connectivity index is 1.46. The molecule has 0 radical (unpaired) electrons. The summed E-state index contributed by atoms with van der Waals surface area (Å²) in [5.74, 6) is 0.0446. The number of rotatable bonds is 5. The van der Waals surface area contributed by atoms with Crippen molar-refractivity contribution in [2.24, 2.45) is 0 Å². The average molecular weight is 378 g/mol. The van der Waals surface area contributed by atoms with E-state index in [1.54, 1.807) is 12.1 Å². The minimum absolute atomic E-state index is 0.104. The van der Waals surface area contributed by atoms with E-state index in [0.717, 1.165) is 43.7 Å². The predicted octanol–water partition coefficient (Wildman–Crippen LogP) is 4.73. The molecule has 0 atom stereocenters. The quantitative estimate of drug-likeness (QED) is 0.644. The van der Waals surface area contributed by atoms with Crippen LogP contribution >= 0.6 is 0 Å². The van der Waals surface area contributed by atoms with Gasteiger partial charge in [0.05, 0.1) is 6.26 Å². The molecule has 1 aromatic heterocycles. The number of amides is 1. The summed E-state index contributed by atoms with van der Waals surface area (Å²) in [4.78, 5) is 17.3. The molecule has 4 rings (SSSR count). The summed E-state index contributed by atoms with van der Waals surface area (Å²) in [5.41, 5.74) is 1.99. The highest BCUT2D eigenvalue weighted by Gasteiger charge is 2.30. The first-order valence-corrected chi connectivity index (χ1v) is 9.59. The molecule has 28 heavy (non-hydrogen) atoms. The Bertz CT molecular complexity index is 886. The molecule has 1 saturated heterocycles. The molecule has 3 aromatic rings. The molecule has 5 heteroatoms. The standard InChI is InChI=1S/C23H23FN2O2/c24-19-10-8-18(9-11-19)17-25-14-12-21(13-15-25)26(20-5-2-1-3-6-20)23(27)22-7-4-16-28-22/h1-11,16,21H,12-15,17H2. The number of anilines is 1. The number of hydrogen-bond donors (Lipinski definition) is 0. The zero-order chi connectivity index (χ0) is 19.3. The van der Waals surface area contributed by atoms with Crippen molar-refractivity contribution in [3.8, 4) is 0 Å². The van der Waals surface area contributed by atoms with Crippen molar-refractivity contribution in [1.29, 1.82) is 0 Å². The number of carbonyl (C=O) groups is 1. The fourth-order valence-corrected chi connectivity index (χ4v) is 3.79. The van der Waals surface area contributed by atoms with Crippen molar-refractivity contribution in [3.05, 3.63) is 90.1 Å². The molecule has 2 aromatic carbocycles. The lowest BCUT2D eigenvalue weighted by Crippen LogP contribution is -2.47. The van der Waals surface area contributed by atoms with Crippen molar-refractivity contribution in [1.82, 2.24) is 4.90 Å². The van der Waals surface area contributed by atoms with Gasteiger partial charge in [-0.2, -0.15) is 0 Å². The van der Waals surface area contributed by atoms with Crippen LogP contribution < -0.4 is 4.90 Å². The molecule has 0 aliphatic carbocycles. The fourth-order valence-electron chi connectivity index (χ4n) is 3.79. The number of halogens is 1. The number of nitrogens with zero attached hydrogens (tertiary/aromatic N) is 2. The Labute approximate surface area is 164 Å². The van der Waals surface area contributed by atoms with Crippen LogP contribution in [0.4, 0.5) is 10.1 Å². The first-order chi connectivity index (χ1) is 13.7. The van der Waals surface area contributed by atoms with Gasteiger partial charge >= 0.3 is 0 Å². The summed E-state index contributed by atoms with van der Waals surface area (Å²) in [5, 5.41) is 0. The van der Waals surface area contributed by atoms with Gasteiger partial charge in [-0.3, -0.25) is 9.69 Å². The van der Waals surface area contributed by atoms with E-state index >= 15 is 0 Å². The van der Waals surface area contributed by atoms with Crippen molar-refractivity contribution < 1.29 is 13.6 Å². The van der Waals surface area contributed by atoms with Gasteiger partial charge in [-0.15, -0.1) is 0 Å². The Morgan fingerprint density at radius 2 is 1.71 bits per heavy atom. The Morgan fingerprint density at radius 3 is 2.36 bits per heavy atom. The number of piperidine rings is 1. The van der Waals surface area contributed by atoms with Crippen LogP contribution in [0.3, 0.4) is 0 Å². The van der Waals surface area contributed by atoms with Gasteiger partial charge in [-0.25, -0.2) is 4.39 Å². The smallest absolute Gasteiger partial charge is 0.294 e. The number of hydrogen-bond acceptors (Lipinski definition) is 3. The van der Waals surface area contributed by atoms with Gasteiger partial charge in [0.25, 0.3) is 5.91 Å². The molecule has 1 aliphatic rings. The summed E-state index contributed by atoms with van der Waals surface area (Å²) < 4.78 is 18.5. The van der Waals surface area contributed by atoms with Crippen molar-refractivity contribution in [2.45, 2.75) is 25.4 Å². The van der Waals surface area contributed by atoms with E-state index in [2.05, 4.69) is 4.90 Å². The maximum absolute atomic E-state index is 13.1. The summed E-state index contributed by atoms with van der Waals surface area (Å²) in [7, 11) is 0. The monoisotopic (exact) mass is 378 g/mol. The van der Waals surface area contributed by atoms with E-state index in [1.807, 2.05) is 47.4 Å². The minimum Gasteiger partial charge on any atom is -0.459 e. The van der Waals surface area contributed by atoms with Gasteiger partial charge in [0.15, 0.2) is 5.76 Å². The molecule has 1 aliphatic heterocycles. The Morgan fingerprint density at radius 1 is 1.00 bits per heavy atom. The Kier molecular flexibility index (Phi) is 5.53. The molecule has 0 unspecified atom stereocenters. The maximum atomic E-state index is 13.1. The average Bonchev–Trinajstić information content (AvgIpc) is 3.27. The predicted molar refractivity (Wildman–Crippen MR) is 107 cm³/mol. The van der Waals surface area contributed by atoms with Crippen molar-refractivity contribution >= 4 is 11.6 Å². The largest absolute Gasteiger partial charge is 0.459 e. The normalized spacial score (nSPS) is 15.5. The lowest BCUT2D eigenvalue weighted by molar-refractivity contribution is 0.0932. The first-order valence-electron chi connectivity index (χ1n) is 9.59. The number of furan rings is 1. The van der Waals surface area contributed by atoms with Crippen LogP contribution in [-0.2, 0) is 6.54 Å². The van der Waals surface area contributed by atoms with E-state index < -0.39 is 0 Å². The number of para-hydroxylation sites is 1. The van der Waals surface area contributed by atoms with E-state index in [0.29, 0.717) is 5.76 Å². The molecule has 1 amide bonds. The van der Waals surface area contributed by atoms with Crippen LogP contribution in [0.25, 0.3) is 0 Å². The second-order valence-electron chi connectivity index (χ2n) is 7.12. The van der Waals surface area contributed by atoms with Crippen LogP contribution in [0.2, 0.25) is 0 Å². The van der Waals surface area contributed by atoms with Crippen LogP contribution in [0.15, 0.2) is 77.4 Å². The zero-order valence-electron chi connectivity index (χ0n) is 15.6. The maximum Gasteiger partial charge on any atom is 0.294 e. The lowest BCUT2D eigenvalue weighted by Gasteiger charge is -2.38. The molecule has 0 saturated carbocycles. The third kappa shape index (κ3) is 4.15. The van der Waals surface area contributed by atoms with E-state index in [4.69, 9.17) is 4.42 Å². The molecule has 0 spiro atoms. The Hall–Kier alpha value is -2.92. The first kappa shape index (κ1) is 18.4. The SMILES string of the molecule is O=C(c1ccco1)N(c1ccccc1)C1CCN(Cc2ccc(F)cc2)CC1. The molecular weight excluding hydrogens is 355 g/mol. The number of carbonyl (C=O) groups excluding carboxylic acids is 1. The highest BCUT2D eigenvalue weighted by Crippen LogP contribution is 2.26.